The van der Waals surface area contributed by atoms with Gasteiger partial charge in [0.05, 0.1) is 19.3 Å². The summed E-state index contributed by atoms with van der Waals surface area (Å²) in [5, 5.41) is 0. The van der Waals surface area contributed by atoms with E-state index < -0.39 is 0 Å². The predicted octanol–water partition coefficient (Wildman–Crippen LogP) is 16.3. The van der Waals surface area contributed by atoms with Crippen LogP contribution in [0.4, 0.5) is 0 Å². The SMILES string of the molecule is CCCCCC(CCCCC)CCOC(=O)CCCCCCCCCC(CCCCCCCC(=O)OCCC(CCCCC)CCCCC)OCCCCN1CCCCC1. The summed E-state index contributed by atoms with van der Waals surface area (Å²) in [7, 11) is 0. The van der Waals surface area contributed by atoms with Gasteiger partial charge in [0.1, 0.15) is 0 Å². The van der Waals surface area contributed by atoms with Crippen LogP contribution in [0.5, 0.6) is 0 Å². The largest absolute Gasteiger partial charge is 0.466 e. The summed E-state index contributed by atoms with van der Waals surface area (Å²) in [5.74, 6) is 1.46. The molecule has 6 nitrogen and oxygen atoms in total. The second-order valence-corrected chi connectivity index (χ2v) is 19.2. The second-order valence-electron chi connectivity index (χ2n) is 19.2. The van der Waals surface area contributed by atoms with Crippen LogP contribution >= 0.6 is 0 Å². The first-order chi connectivity index (χ1) is 29.5. The molecule has 0 bridgehead atoms. The Morgan fingerprint density at radius 2 is 0.783 bits per heavy atom. The summed E-state index contributed by atoms with van der Waals surface area (Å²) < 4.78 is 17.9. The van der Waals surface area contributed by atoms with Gasteiger partial charge in [0.15, 0.2) is 0 Å². The van der Waals surface area contributed by atoms with Crippen LogP contribution in [0.3, 0.4) is 0 Å². The van der Waals surface area contributed by atoms with Crippen molar-refractivity contribution in [2.45, 2.75) is 284 Å². The number of carbonyl (C=O) groups is 2. The Morgan fingerprint density at radius 3 is 1.20 bits per heavy atom. The van der Waals surface area contributed by atoms with E-state index in [1.165, 1.54) is 219 Å². The molecule has 1 rings (SSSR count). The van der Waals surface area contributed by atoms with E-state index in [4.69, 9.17) is 14.2 Å². The third-order valence-corrected chi connectivity index (χ3v) is 13.4. The number of hydrogen-bond donors (Lipinski definition) is 0. The third-order valence-electron chi connectivity index (χ3n) is 13.4. The van der Waals surface area contributed by atoms with E-state index in [1.807, 2.05) is 0 Å². The molecule has 1 aliphatic rings. The number of nitrogens with zero attached hydrogens (tertiary/aromatic N) is 1. The van der Waals surface area contributed by atoms with Crippen molar-refractivity contribution in [3.05, 3.63) is 0 Å². The third kappa shape index (κ3) is 37.4. The highest BCUT2D eigenvalue weighted by Gasteiger charge is 2.14. The number of unbranched alkanes of at least 4 members (excludes halogenated alkanes) is 19. The van der Waals surface area contributed by atoms with Gasteiger partial charge in [0.25, 0.3) is 0 Å². The maximum Gasteiger partial charge on any atom is 0.305 e. The van der Waals surface area contributed by atoms with Gasteiger partial charge in [-0.05, 0) is 95.7 Å². The fourth-order valence-corrected chi connectivity index (χ4v) is 9.30. The first-order valence-electron chi connectivity index (χ1n) is 27.2. The number of carbonyl (C=O) groups excluding carboxylic acids is 2. The molecule has 0 saturated carbocycles. The molecule has 0 aromatic carbocycles. The number of piperidine rings is 1. The smallest absolute Gasteiger partial charge is 0.305 e. The van der Waals surface area contributed by atoms with E-state index in [2.05, 4.69) is 32.6 Å². The molecule has 1 aliphatic heterocycles. The zero-order chi connectivity index (χ0) is 43.4. The van der Waals surface area contributed by atoms with Crippen LogP contribution < -0.4 is 0 Å². The zero-order valence-electron chi connectivity index (χ0n) is 41.0. The first-order valence-corrected chi connectivity index (χ1v) is 27.2. The Bertz CT molecular complexity index is 887. The highest BCUT2D eigenvalue weighted by Crippen LogP contribution is 2.23. The lowest BCUT2D eigenvalue weighted by Crippen LogP contribution is -2.30. The molecule has 0 amide bonds. The molecule has 0 aromatic heterocycles. The number of rotatable bonds is 46. The quantitative estimate of drug-likeness (QED) is 0.0449. The van der Waals surface area contributed by atoms with Crippen molar-refractivity contribution in [1.29, 1.82) is 0 Å². The highest BCUT2D eigenvalue weighted by atomic mass is 16.5. The molecule has 1 fully saturated rings. The summed E-state index contributed by atoms with van der Waals surface area (Å²) in [6.07, 6.45) is 47.5. The standard InChI is InChI=1S/C54H105NO5/c1-5-9-22-34-50(35-23-10-6-2)42-48-59-53(56)40-28-19-15-13-14-17-26-38-52(58-47-33-32-46-55-44-30-21-31-45-55)39-27-18-16-20-29-41-54(57)60-49-43-51(36-24-11-7-3)37-25-12-8-4/h50-52H,5-49H2,1-4H3. The van der Waals surface area contributed by atoms with Crippen LogP contribution in [0.25, 0.3) is 0 Å². The minimum atomic E-state index is 0.00870. The monoisotopic (exact) mass is 848 g/mol. The molecule has 0 aromatic rings. The topological polar surface area (TPSA) is 65.1 Å². The van der Waals surface area contributed by atoms with E-state index >= 15 is 0 Å². The van der Waals surface area contributed by atoms with E-state index in [0.29, 0.717) is 32.2 Å². The van der Waals surface area contributed by atoms with Crippen molar-refractivity contribution in [3.63, 3.8) is 0 Å². The lowest BCUT2D eigenvalue weighted by atomic mass is 9.92. The van der Waals surface area contributed by atoms with Crippen molar-refractivity contribution in [3.8, 4) is 0 Å². The van der Waals surface area contributed by atoms with Gasteiger partial charge in [-0.2, -0.15) is 0 Å². The van der Waals surface area contributed by atoms with E-state index in [0.717, 1.165) is 57.0 Å². The van der Waals surface area contributed by atoms with Gasteiger partial charge in [-0.1, -0.05) is 201 Å². The van der Waals surface area contributed by atoms with Gasteiger partial charge in [-0.15, -0.1) is 0 Å². The Balaban J connectivity index is 2.23. The van der Waals surface area contributed by atoms with Gasteiger partial charge in [-0.25, -0.2) is 0 Å². The molecule has 0 N–H and O–H groups in total. The van der Waals surface area contributed by atoms with E-state index in [1.54, 1.807) is 0 Å². The van der Waals surface area contributed by atoms with E-state index in [9.17, 15) is 9.59 Å². The Morgan fingerprint density at radius 1 is 0.400 bits per heavy atom. The van der Waals surface area contributed by atoms with Crippen LogP contribution in [-0.2, 0) is 23.8 Å². The van der Waals surface area contributed by atoms with Crippen LogP contribution in [0, 0.1) is 11.8 Å². The normalized spacial score (nSPS) is 14.0. The van der Waals surface area contributed by atoms with Crippen LogP contribution in [0.15, 0.2) is 0 Å². The zero-order valence-corrected chi connectivity index (χ0v) is 41.0. The van der Waals surface area contributed by atoms with E-state index in [-0.39, 0.29) is 11.9 Å². The summed E-state index contributed by atoms with van der Waals surface area (Å²) in [4.78, 5) is 27.5. The lowest BCUT2D eigenvalue weighted by molar-refractivity contribution is -0.145. The fraction of sp³-hybridized carbons (Fsp3) is 0.963. The Kier molecular flexibility index (Phi) is 42.2. The van der Waals surface area contributed by atoms with Crippen molar-refractivity contribution >= 4 is 11.9 Å². The molecule has 1 atom stereocenters. The number of likely N-dealkylation sites (tertiary alicyclic amines) is 1. The number of hydrogen-bond acceptors (Lipinski definition) is 6. The summed E-state index contributed by atoms with van der Waals surface area (Å²) in [6.45, 7) is 15.0. The summed E-state index contributed by atoms with van der Waals surface area (Å²) in [6, 6.07) is 0. The van der Waals surface area contributed by atoms with Crippen molar-refractivity contribution < 1.29 is 23.8 Å². The average Bonchev–Trinajstić information content (AvgIpc) is 3.25. The Hall–Kier alpha value is -1.14. The average molecular weight is 848 g/mol. The lowest BCUT2D eigenvalue weighted by Gasteiger charge is -2.26. The van der Waals surface area contributed by atoms with Gasteiger partial charge < -0.3 is 19.1 Å². The molecule has 1 unspecified atom stereocenters. The fourth-order valence-electron chi connectivity index (χ4n) is 9.30. The van der Waals surface area contributed by atoms with Gasteiger partial charge in [-0.3, -0.25) is 9.59 Å². The molecule has 6 heteroatoms. The van der Waals surface area contributed by atoms with Gasteiger partial charge in [0, 0.05) is 19.4 Å². The molecule has 1 saturated heterocycles. The van der Waals surface area contributed by atoms with Crippen LogP contribution in [-0.4, -0.2) is 62.4 Å². The minimum absolute atomic E-state index is 0.00870. The molecular weight excluding hydrogens is 743 g/mol. The Labute approximate surface area is 374 Å². The predicted molar refractivity (Wildman–Crippen MR) is 258 cm³/mol. The van der Waals surface area contributed by atoms with Crippen molar-refractivity contribution in [2.24, 2.45) is 11.8 Å². The maximum absolute atomic E-state index is 12.4. The first kappa shape index (κ1) is 56.9. The minimum Gasteiger partial charge on any atom is -0.466 e. The molecule has 0 spiro atoms. The van der Waals surface area contributed by atoms with Crippen LogP contribution in [0.2, 0.25) is 0 Å². The molecule has 0 aliphatic carbocycles. The number of ether oxygens (including phenoxy) is 3. The molecule has 1 heterocycles. The summed E-state index contributed by atoms with van der Waals surface area (Å²) in [5.41, 5.74) is 0. The highest BCUT2D eigenvalue weighted by molar-refractivity contribution is 5.69. The van der Waals surface area contributed by atoms with Gasteiger partial charge >= 0.3 is 11.9 Å². The summed E-state index contributed by atoms with van der Waals surface area (Å²) >= 11 is 0. The molecule has 356 valence electrons. The van der Waals surface area contributed by atoms with Crippen molar-refractivity contribution in [2.75, 3.05) is 39.5 Å². The van der Waals surface area contributed by atoms with Gasteiger partial charge in [0.2, 0.25) is 0 Å². The van der Waals surface area contributed by atoms with Crippen molar-refractivity contribution in [1.82, 2.24) is 4.90 Å². The molecular formula is C54H105NO5. The molecule has 0 radical (unpaired) electrons. The molecule has 60 heavy (non-hydrogen) atoms. The van der Waals surface area contributed by atoms with Crippen LogP contribution in [0.1, 0.15) is 278 Å². The second kappa shape index (κ2) is 44.5. The maximum atomic E-state index is 12.4. The number of esters is 2.